The van der Waals surface area contributed by atoms with Crippen molar-refractivity contribution in [3.05, 3.63) is 50.4 Å². The summed E-state index contributed by atoms with van der Waals surface area (Å²) in [5, 5.41) is 3.93. The summed E-state index contributed by atoms with van der Waals surface area (Å²) in [6, 6.07) is 6.19. The molecule has 0 unspecified atom stereocenters. The fraction of sp³-hybridized carbons (Fsp3) is 0.154. The molecular weight excluding hydrogens is 333 g/mol. The number of aromatic nitrogens is 2. The fourth-order valence-corrected chi connectivity index (χ4v) is 2.59. The number of nitrogens with one attached hydrogen (secondary N) is 2. The Balaban J connectivity index is 1.99. The third kappa shape index (κ3) is 4.77. The monoisotopic (exact) mass is 343 g/mol. The van der Waals surface area contributed by atoms with Crippen LogP contribution in [0.5, 0.6) is 0 Å². The Hall–Kier alpha value is -1.50. The highest BCUT2D eigenvalue weighted by molar-refractivity contribution is 7.99. The maximum Gasteiger partial charge on any atom is 0.251 e. The highest BCUT2D eigenvalue weighted by atomic mass is 35.5. The number of hydrogen-bond donors (Lipinski definition) is 2. The first kappa shape index (κ1) is 15.9. The van der Waals surface area contributed by atoms with Crippen LogP contribution in [0.1, 0.15) is 5.69 Å². The van der Waals surface area contributed by atoms with Crippen LogP contribution < -0.4 is 10.9 Å². The lowest BCUT2D eigenvalue weighted by molar-refractivity contribution is -0.113. The molecule has 1 aromatic carbocycles. The summed E-state index contributed by atoms with van der Waals surface area (Å²) in [5.41, 5.74) is 0.795. The Morgan fingerprint density at radius 3 is 2.86 bits per heavy atom. The number of hydrogen-bond acceptors (Lipinski definition) is 4. The van der Waals surface area contributed by atoms with E-state index < -0.39 is 0 Å². The summed E-state index contributed by atoms with van der Waals surface area (Å²) in [7, 11) is 0. The number of aromatic amines is 1. The molecule has 0 saturated heterocycles. The Morgan fingerprint density at radius 2 is 2.14 bits per heavy atom. The molecule has 0 aliphatic rings. The van der Waals surface area contributed by atoms with E-state index in [4.69, 9.17) is 23.2 Å². The zero-order chi connectivity index (χ0) is 15.4. The summed E-state index contributed by atoms with van der Waals surface area (Å²) in [4.78, 5) is 29.8. The van der Waals surface area contributed by atoms with Gasteiger partial charge in [-0.15, -0.1) is 0 Å². The SMILES string of the molecule is Cc1cc(=O)[nH]c(SCC(=O)Nc2cc(Cl)ccc2Cl)n1. The highest BCUT2D eigenvalue weighted by Gasteiger charge is 2.08. The second kappa shape index (κ2) is 6.98. The number of anilines is 1. The zero-order valence-corrected chi connectivity index (χ0v) is 13.3. The van der Waals surface area contributed by atoms with E-state index in [1.54, 1.807) is 25.1 Å². The van der Waals surface area contributed by atoms with Crippen molar-refractivity contribution in [1.82, 2.24) is 9.97 Å². The molecule has 2 aromatic rings. The molecule has 0 bridgehead atoms. The molecule has 0 aliphatic carbocycles. The van der Waals surface area contributed by atoms with E-state index in [0.29, 0.717) is 26.6 Å². The highest BCUT2D eigenvalue weighted by Crippen LogP contribution is 2.25. The van der Waals surface area contributed by atoms with Crippen molar-refractivity contribution in [1.29, 1.82) is 0 Å². The first-order valence-corrected chi connectivity index (χ1v) is 7.64. The minimum atomic E-state index is -0.270. The second-order valence-electron chi connectivity index (χ2n) is 4.15. The standard InChI is InChI=1S/C13H11Cl2N3O2S/c1-7-4-11(19)18-13(16-7)21-6-12(20)17-10-5-8(14)2-3-9(10)15/h2-5H,6H2,1H3,(H,17,20)(H,16,18,19). The molecule has 1 aromatic heterocycles. The third-order valence-electron chi connectivity index (χ3n) is 2.39. The molecule has 5 nitrogen and oxygen atoms in total. The lowest BCUT2D eigenvalue weighted by Gasteiger charge is -2.07. The molecule has 0 atom stereocenters. The normalized spacial score (nSPS) is 10.4. The van der Waals surface area contributed by atoms with Gasteiger partial charge in [-0.1, -0.05) is 35.0 Å². The van der Waals surface area contributed by atoms with E-state index in [1.807, 2.05) is 0 Å². The van der Waals surface area contributed by atoms with Crippen molar-refractivity contribution in [3.63, 3.8) is 0 Å². The van der Waals surface area contributed by atoms with Gasteiger partial charge in [0.1, 0.15) is 0 Å². The van der Waals surface area contributed by atoms with E-state index in [9.17, 15) is 9.59 Å². The second-order valence-corrected chi connectivity index (χ2v) is 5.96. The molecule has 0 fully saturated rings. The van der Waals surface area contributed by atoms with Crippen molar-refractivity contribution in [2.45, 2.75) is 12.1 Å². The molecule has 2 N–H and O–H groups in total. The predicted molar refractivity (Wildman–Crippen MR) is 85.4 cm³/mol. The molecule has 110 valence electrons. The van der Waals surface area contributed by atoms with Crippen molar-refractivity contribution in [3.8, 4) is 0 Å². The molecular formula is C13H11Cl2N3O2S. The molecule has 1 amide bonds. The fourth-order valence-electron chi connectivity index (χ4n) is 1.53. The van der Waals surface area contributed by atoms with E-state index in [2.05, 4.69) is 15.3 Å². The smallest absolute Gasteiger partial charge is 0.251 e. The van der Waals surface area contributed by atoms with E-state index in [-0.39, 0.29) is 17.2 Å². The molecule has 0 aliphatic heterocycles. The average molecular weight is 344 g/mol. The van der Waals surface area contributed by atoms with Gasteiger partial charge in [0, 0.05) is 16.8 Å². The summed E-state index contributed by atoms with van der Waals surface area (Å²) in [6.07, 6.45) is 0. The van der Waals surface area contributed by atoms with Gasteiger partial charge >= 0.3 is 0 Å². The number of carbonyl (C=O) groups excluding carboxylic acids is 1. The number of H-pyrrole nitrogens is 1. The predicted octanol–water partition coefficient (Wildman–Crippen LogP) is 3.12. The molecule has 21 heavy (non-hydrogen) atoms. The summed E-state index contributed by atoms with van der Waals surface area (Å²) in [6.45, 7) is 1.71. The van der Waals surface area contributed by atoms with Crippen LogP contribution in [0.3, 0.4) is 0 Å². The molecule has 0 saturated carbocycles. The minimum absolute atomic E-state index is 0.0925. The van der Waals surface area contributed by atoms with Crippen LogP contribution >= 0.6 is 35.0 Å². The number of benzene rings is 1. The van der Waals surface area contributed by atoms with Crippen LogP contribution in [0.15, 0.2) is 34.2 Å². The summed E-state index contributed by atoms with van der Waals surface area (Å²) in [5.74, 6) is -0.178. The van der Waals surface area contributed by atoms with E-state index in [1.165, 1.54) is 6.07 Å². The van der Waals surface area contributed by atoms with Crippen LogP contribution in [-0.2, 0) is 4.79 Å². The number of nitrogens with zero attached hydrogens (tertiary/aromatic N) is 1. The van der Waals surface area contributed by atoms with Gasteiger partial charge in [0.25, 0.3) is 5.56 Å². The van der Waals surface area contributed by atoms with Crippen molar-refractivity contribution in [2.75, 3.05) is 11.1 Å². The average Bonchev–Trinajstić information content (AvgIpc) is 2.40. The summed E-state index contributed by atoms with van der Waals surface area (Å²) < 4.78 is 0. The van der Waals surface area contributed by atoms with Crippen LogP contribution in [-0.4, -0.2) is 21.6 Å². The quantitative estimate of drug-likeness (QED) is 0.660. The molecule has 0 radical (unpaired) electrons. The van der Waals surface area contributed by atoms with Gasteiger partial charge in [-0.25, -0.2) is 4.98 Å². The van der Waals surface area contributed by atoms with Gasteiger partial charge in [0.05, 0.1) is 16.5 Å². The molecule has 8 heteroatoms. The maximum atomic E-state index is 11.9. The number of halogens is 2. The minimum Gasteiger partial charge on any atom is -0.324 e. The number of amides is 1. The maximum absolute atomic E-state index is 11.9. The number of rotatable bonds is 4. The van der Waals surface area contributed by atoms with Gasteiger partial charge in [-0.05, 0) is 25.1 Å². The Kier molecular flexibility index (Phi) is 5.27. The zero-order valence-electron chi connectivity index (χ0n) is 10.9. The van der Waals surface area contributed by atoms with Crippen LogP contribution in [0, 0.1) is 6.92 Å². The lowest BCUT2D eigenvalue weighted by Crippen LogP contribution is -2.15. The van der Waals surface area contributed by atoms with Gasteiger partial charge in [0.15, 0.2) is 5.16 Å². The van der Waals surface area contributed by atoms with Crippen LogP contribution in [0.4, 0.5) is 5.69 Å². The first-order valence-electron chi connectivity index (χ1n) is 5.90. The Morgan fingerprint density at radius 1 is 1.38 bits per heavy atom. The van der Waals surface area contributed by atoms with Gasteiger partial charge < -0.3 is 10.3 Å². The topological polar surface area (TPSA) is 74.8 Å². The first-order chi connectivity index (χ1) is 9.94. The Labute approximate surface area is 135 Å². The lowest BCUT2D eigenvalue weighted by atomic mass is 10.3. The number of aryl methyl sites for hydroxylation is 1. The molecule has 0 spiro atoms. The largest absolute Gasteiger partial charge is 0.324 e. The van der Waals surface area contributed by atoms with Gasteiger partial charge in [-0.2, -0.15) is 0 Å². The molecule has 1 heterocycles. The number of thioether (sulfide) groups is 1. The van der Waals surface area contributed by atoms with Crippen molar-refractivity contribution < 1.29 is 4.79 Å². The Bertz CT molecular complexity index is 734. The van der Waals surface area contributed by atoms with Gasteiger partial charge in [-0.3, -0.25) is 9.59 Å². The van der Waals surface area contributed by atoms with E-state index in [0.717, 1.165) is 11.8 Å². The molecule has 2 rings (SSSR count). The number of carbonyl (C=O) groups is 1. The van der Waals surface area contributed by atoms with Crippen molar-refractivity contribution >= 4 is 46.6 Å². The van der Waals surface area contributed by atoms with Gasteiger partial charge in [0.2, 0.25) is 5.91 Å². The van der Waals surface area contributed by atoms with E-state index >= 15 is 0 Å². The van der Waals surface area contributed by atoms with Crippen LogP contribution in [0.25, 0.3) is 0 Å². The third-order valence-corrected chi connectivity index (χ3v) is 3.83. The van der Waals surface area contributed by atoms with Crippen LogP contribution in [0.2, 0.25) is 10.0 Å². The van der Waals surface area contributed by atoms with Crippen molar-refractivity contribution in [2.24, 2.45) is 0 Å². The summed E-state index contributed by atoms with van der Waals surface area (Å²) >= 11 is 12.9.